The van der Waals surface area contributed by atoms with E-state index >= 15 is 0 Å². The number of carbonyl (C=O) groups excluding carboxylic acids is 4. The number of halogens is 3. The predicted molar refractivity (Wildman–Crippen MR) is 170 cm³/mol. The van der Waals surface area contributed by atoms with Crippen molar-refractivity contribution >= 4 is 52.5 Å². The first-order valence-electron chi connectivity index (χ1n) is 15.3. The molecule has 5 aliphatic rings. The molecule has 0 spiro atoms. The van der Waals surface area contributed by atoms with Gasteiger partial charge in [-0.25, -0.2) is 9.29 Å². The van der Waals surface area contributed by atoms with Gasteiger partial charge >= 0.3 is 0 Å². The highest BCUT2D eigenvalue weighted by molar-refractivity contribution is 6.58. The number of rotatable bonds is 4. The minimum Gasteiger partial charge on any atom is -0.508 e. The highest BCUT2D eigenvalue weighted by atomic mass is 35.5. The van der Waals surface area contributed by atoms with E-state index in [0.29, 0.717) is 22.5 Å². The van der Waals surface area contributed by atoms with Crippen LogP contribution in [-0.4, -0.2) is 43.4 Å². The summed E-state index contributed by atoms with van der Waals surface area (Å²) in [7, 11) is 0. The van der Waals surface area contributed by atoms with Crippen LogP contribution in [0.5, 0.6) is 11.5 Å². The molecule has 1 saturated carbocycles. The van der Waals surface area contributed by atoms with E-state index in [4.69, 9.17) is 27.9 Å². The number of likely N-dealkylation sites (tertiary alicyclic amines) is 1. The van der Waals surface area contributed by atoms with Crippen molar-refractivity contribution in [2.45, 2.75) is 35.6 Å². The van der Waals surface area contributed by atoms with Gasteiger partial charge in [-0.05, 0) is 72.4 Å². The number of phenols is 1. The second-order valence-electron chi connectivity index (χ2n) is 12.8. The van der Waals surface area contributed by atoms with Crippen LogP contribution < -0.4 is 9.64 Å². The number of anilines is 1. The van der Waals surface area contributed by atoms with Gasteiger partial charge in [-0.2, -0.15) is 0 Å². The maximum absolute atomic E-state index is 14.5. The van der Waals surface area contributed by atoms with Crippen LogP contribution in [-0.2, 0) is 32.1 Å². The summed E-state index contributed by atoms with van der Waals surface area (Å²) >= 11 is 14.9. The van der Waals surface area contributed by atoms with Crippen molar-refractivity contribution in [2.75, 3.05) is 4.90 Å². The molecule has 3 aliphatic heterocycles. The summed E-state index contributed by atoms with van der Waals surface area (Å²) in [5.74, 6) is -5.45. The molecule has 2 aliphatic carbocycles. The zero-order valence-corrected chi connectivity index (χ0v) is 26.2. The molecule has 0 unspecified atom stereocenters. The topological polar surface area (TPSA) is 104 Å². The quantitative estimate of drug-likeness (QED) is 0.218. The van der Waals surface area contributed by atoms with Crippen LogP contribution in [0.1, 0.15) is 24.0 Å². The summed E-state index contributed by atoms with van der Waals surface area (Å²) in [6, 6.07) is 18.8. The molecule has 3 aromatic rings. The number of fused-ring (bicyclic) bond motifs is 5. The number of nitrogens with zero attached hydrogens (tertiary/aromatic N) is 2. The van der Waals surface area contributed by atoms with Crippen LogP contribution in [0.3, 0.4) is 0 Å². The van der Waals surface area contributed by atoms with Crippen LogP contribution >= 0.6 is 23.2 Å². The highest BCUT2D eigenvalue weighted by Crippen LogP contribution is 2.65. The summed E-state index contributed by atoms with van der Waals surface area (Å²) < 4.78 is 19.8. The van der Waals surface area contributed by atoms with Crippen LogP contribution in [0, 0.1) is 29.5 Å². The molecule has 6 atom stereocenters. The van der Waals surface area contributed by atoms with E-state index in [1.54, 1.807) is 12.1 Å². The lowest BCUT2D eigenvalue weighted by Gasteiger charge is -2.51. The number of allylic oxidation sites excluding steroid dienone is 3. The van der Waals surface area contributed by atoms with Gasteiger partial charge in [-0.3, -0.25) is 24.1 Å². The summed E-state index contributed by atoms with van der Waals surface area (Å²) in [5, 5.41) is 10.2. The van der Waals surface area contributed by atoms with Gasteiger partial charge in [0.25, 0.3) is 11.8 Å². The maximum Gasteiger partial charge on any atom is 0.258 e. The third-order valence-electron chi connectivity index (χ3n) is 10.3. The van der Waals surface area contributed by atoms with Crippen molar-refractivity contribution in [1.29, 1.82) is 0 Å². The third kappa shape index (κ3) is 4.18. The number of amides is 4. The van der Waals surface area contributed by atoms with Gasteiger partial charge in [0, 0.05) is 17.9 Å². The number of carbonyl (C=O) groups is 4. The Hall–Kier alpha value is -4.47. The summed E-state index contributed by atoms with van der Waals surface area (Å²) in [6.07, 6.45) is 3.63. The smallest absolute Gasteiger partial charge is 0.258 e. The Morgan fingerprint density at radius 3 is 2.40 bits per heavy atom. The summed E-state index contributed by atoms with van der Waals surface area (Å²) in [4.78, 5) is 54.9. The van der Waals surface area contributed by atoms with Gasteiger partial charge in [0.1, 0.15) is 17.3 Å². The number of hydrogen-bond donors (Lipinski definition) is 1. The largest absolute Gasteiger partial charge is 0.508 e. The van der Waals surface area contributed by atoms with Crippen LogP contribution in [0.25, 0.3) is 0 Å². The van der Waals surface area contributed by atoms with Gasteiger partial charge < -0.3 is 9.84 Å². The first-order chi connectivity index (χ1) is 22.5. The van der Waals surface area contributed by atoms with Crippen LogP contribution in [0.15, 0.2) is 96.3 Å². The second-order valence-corrected chi connectivity index (χ2v) is 14.0. The molecular formula is C36H27Cl2FN2O6. The van der Waals surface area contributed by atoms with Gasteiger partial charge in [-0.1, -0.05) is 42.0 Å². The first-order valence-corrected chi connectivity index (χ1v) is 16.1. The van der Waals surface area contributed by atoms with E-state index in [1.807, 2.05) is 36.4 Å². The Kier molecular flexibility index (Phi) is 6.69. The Morgan fingerprint density at radius 1 is 0.915 bits per heavy atom. The van der Waals surface area contributed by atoms with E-state index in [9.17, 15) is 28.7 Å². The molecule has 3 heterocycles. The summed E-state index contributed by atoms with van der Waals surface area (Å²) in [5.41, 5.74) is 2.70. The second kappa shape index (κ2) is 10.5. The lowest BCUT2D eigenvalue weighted by molar-refractivity contribution is -0.141. The number of phenolic OH excluding ortho intramolecular Hbond substituents is 1. The van der Waals surface area contributed by atoms with Crippen molar-refractivity contribution in [3.8, 4) is 11.5 Å². The normalized spacial score (nSPS) is 31.0. The van der Waals surface area contributed by atoms with E-state index in [-0.39, 0.29) is 49.1 Å². The van der Waals surface area contributed by atoms with E-state index in [2.05, 4.69) is 0 Å². The third-order valence-corrected chi connectivity index (χ3v) is 11.7. The number of alkyl halides is 2. The Bertz CT molecular complexity index is 1950. The van der Waals surface area contributed by atoms with E-state index < -0.39 is 51.1 Å². The predicted octanol–water partition coefficient (Wildman–Crippen LogP) is 5.65. The number of hydrogen-bond acceptors (Lipinski definition) is 6. The first kappa shape index (κ1) is 29.9. The minimum absolute atomic E-state index is 0.0188. The number of imide groups is 2. The number of ether oxygens (including phenoxy) is 1. The highest BCUT2D eigenvalue weighted by Gasteiger charge is 2.77. The van der Waals surface area contributed by atoms with Gasteiger partial charge in [-0.15, -0.1) is 23.2 Å². The average Bonchev–Trinajstić information content (AvgIpc) is 3.39. The molecule has 11 heteroatoms. The summed E-state index contributed by atoms with van der Waals surface area (Å²) in [6.45, 7) is 0.109. The molecule has 0 radical (unpaired) electrons. The van der Waals surface area contributed by atoms with Crippen LogP contribution in [0.4, 0.5) is 10.1 Å². The SMILES string of the molecule is O=C1[C@H]2[C@H](CC=C3[C@H](C4=COc5ccc(O)cc5C4)[C@]4(Cl)C(=O)N(c5ccc(F)cc5)C(=O)[C@]4(Cl)C[C@H]32)C(=O)N1Cc1ccccc1. The molecule has 8 rings (SSSR count). The molecule has 238 valence electrons. The fraction of sp³-hybridized carbons (Fsp3) is 0.278. The Morgan fingerprint density at radius 2 is 1.66 bits per heavy atom. The van der Waals surface area contributed by atoms with Crippen molar-refractivity contribution in [1.82, 2.24) is 4.90 Å². The Labute approximate surface area is 279 Å². The zero-order chi connectivity index (χ0) is 32.8. The lowest BCUT2D eigenvalue weighted by Crippen LogP contribution is -2.61. The fourth-order valence-corrected chi connectivity index (χ4v) is 9.15. The van der Waals surface area contributed by atoms with E-state index in [1.165, 1.54) is 29.4 Å². The standard InChI is InChI=1S/C36H27Cl2FN2O6/c37-35-16-27-25(11-12-26-29(27)32(44)40(31(26)43)17-19-4-2-1-3-5-19)30(21-14-20-15-24(42)10-13-28(20)47-18-21)36(35,38)34(46)41(33(35)45)23-8-6-22(39)7-9-23/h1-11,13,15,18,26-27,29-30,42H,12,14,16-17H2/t26-,27+,29-,30-,35+,36-/m0/s1. The number of benzene rings is 3. The lowest BCUT2D eigenvalue weighted by atomic mass is 9.56. The van der Waals surface area contributed by atoms with E-state index in [0.717, 1.165) is 22.6 Å². The zero-order valence-electron chi connectivity index (χ0n) is 24.7. The average molecular weight is 674 g/mol. The van der Waals surface area contributed by atoms with Crippen molar-refractivity contribution in [3.63, 3.8) is 0 Å². The molecule has 3 fully saturated rings. The Balaban J connectivity index is 1.25. The fourth-order valence-electron chi connectivity index (χ4n) is 8.20. The van der Waals surface area contributed by atoms with Crippen molar-refractivity contribution in [3.05, 3.63) is 113 Å². The van der Waals surface area contributed by atoms with Crippen molar-refractivity contribution in [2.24, 2.45) is 23.7 Å². The van der Waals surface area contributed by atoms with Gasteiger partial charge in [0.05, 0.1) is 30.3 Å². The monoisotopic (exact) mass is 672 g/mol. The molecule has 3 aromatic carbocycles. The maximum atomic E-state index is 14.5. The molecule has 2 saturated heterocycles. The van der Waals surface area contributed by atoms with Gasteiger partial charge in [0.2, 0.25) is 11.8 Å². The molecule has 0 bridgehead atoms. The minimum atomic E-state index is -2.06. The van der Waals surface area contributed by atoms with Crippen molar-refractivity contribution < 1.29 is 33.4 Å². The molecular weight excluding hydrogens is 646 g/mol. The van der Waals surface area contributed by atoms with Crippen LogP contribution in [0.2, 0.25) is 0 Å². The number of aromatic hydroxyl groups is 1. The molecule has 4 amide bonds. The molecule has 8 nitrogen and oxygen atoms in total. The molecule has 0 aromatic heterocycles. The molecule has 47 heavy (non-hydrogen) atoms. The van der Waals surface area contributed by atoms with Gasteiger partial charge in [0.15, 0.2) is 9.75 Å². The molecule has 1 N–H and O–H groups in total.